The molecule has 0 aliphatic carbocycles. The van der Waals surface area contributed by atoms with Crippen LogP contribution in [0.1, 0.15) is 41.8 Å². The van der Waals surface area contributed by atoms with Gasteiger partial charge in [-0.2, -0.15) is 0 Å². The Labute approximate surface area is 177 Å². The number of nitrogens with two attached hydrogens (primary N) is 1. The predicted molar refractivity (Wildman–Crippen MR) is 115 cm³/mol. The summed E-state index contributed by atoms with van der Waals surface area (Å²) in [6, 6.07) is 1.77. The van der Waals surface area contributed by atoms with E-state index in [-0.39, 0.29) is 41.7 Å². The zero-order valence-electron chi connectivity index (χ0n) is 16.0. The van der Waals surface area contributed by atoms with Crippen molar-refractivity contribution in [2.75, 3.05) is 33.2 Å². The normalized spacial score (nSPS) is 17.2. The van der Waals surface area contributed by atoms with Gasteiger partial charge in [-0.25, -0.2) is 0 Å². The third-order valence-electron chi connectivity index (χ3n) is 4.51. The predicted octanol–water partition coefficient (Wildman–Crippen LogP) is 1.49. The van der Waals surface area contributed by atoms with E-state index in [9.17, 15) is 9.59 Å². The highest BCUT2D eigenvalue weighted by molar-refractivity contribution is 14.0. The lowest BCUT2D eigenvalue weighted by Crippen LogP contribution is -2.47. The molecule has 0 aromatic carbocycles. The van der Waals surface area contributed by atoms with Gasteiger partial charge in [0.15, 0.2) is 11.7 Å². The van der Waals surface area contributed by atoms with Crippen LogP contribution in [0, 0.1) is 12.8 Å². The van der Waals surface area contributed by atoms with Crippen molar-refractivity contribution in [3.8, 4) is 0 Å². The van der Waals surface area contributed by atoms with E-state index in [0.29, 0.717) is 25.3 Å². The van der Waals surface area contributed by atoms with Crippen LogP contribution in [0.4, 0.5) is 0 Å². The molecule has 27 heavy (non-hydrogen) atoms. The molecule has 0 spiro atoms. The highest BCUT2D eigenvalue weighted by Crippen LogP contribution is 2.19. The van der Waals surface area contributed by atoms with Crippen molar-refractivity contribution >= 4 is 41.8 Å². The Bertz CT molecular complexity index is 647. The number of carbonyl (C=O) groups excluding carboxylic acids is 2. The van der Waals surface area contributed by atoms with Crippen molar-refractivity contribution in [2.24, 2.45) is 16.6 Å². The topological polar surface area (TPSA) is 113 Å². The summed E-state index contributed by atoms with van der Waals surface area (Å²) in [6.45, 7) is 4.79. The number of carbonyl (C=O) groups is 2. The first-order chi connectivity index (χ1) is 12.5. The lowest BCUT2D eigenvalue weighted by Gasteiger charge is -2.34. The second kappa shape index (κ2) is 11.8. The molecule has 1 unspecified atom stereocenters. The number of rotatable bonds is 7. The maximum atomic E-state index is 12.0. The summed E-state index contributed by atoms with van der Waals surface area (Å²) in [6.07, 6.45) is 4.75. The molecule has 1 fully saturated rings. The summed E-state index contributed by atoms with van der Waals surface area (Å²) in [5.74, 6) is 1.04. The average Bonchev–Trinajstić information content (AvgIpc) is 3.03. The van der Waals surface area contributed by atoms with Gasteiger partial charge in [-0.15, -0.1) is 24.0 Å². The second-order valence-electron chi connectivity index (χ2n) is 6.64. The molecule has 2 amide bonds. The fourth-order valence-electron chi connectivity index (χ4n) is 3.22. The van der Waals surface area contributed by atoms with E-state index in [1.165, 1.54) is 6.26 Å². The van der Waals surface area contributed by atoms with Gasteiger partial charge in [0.05, 0.1) is 6.26 Å². The number of hydrogen-bond acceptors (Lipinski definition) is 4. The maximum absolute atomic E-state index is 12.0. The molecular weight excluding hydrogens is 461 g/mol. The van der Waals surface area contributed by atoms with Crippen molar-refractivity contribution in [2.45, 2.75) is 32.6 Å². The highest BCUT2D eigenvalue weighted by atomic mass is 127. The van der Waals surface area contributed by atoms with E-state index >= 15 is 0 Å². The quantitative estimate of drug-likeness (QED) is 0.232. The van der Waals surface area contributed by atoms with Gasteiger partial charge in [0.2, 0.25) is 5.91 Å². The van der Waals surface area contributed by atoms with Gasteiger partial charge in [-0.05, 0) is 38.2 Å². The van der Waals surface area contributed by atoms with Gasteiger partial charge in [0, 0.05) is 45.2 Å². The number of hydrogen-bond donors (Lipinski definition) is 3. The first kappa shape index (κ1) is 23.3. The molecule has 2 heterocycles. The molecule has 8 nitrogen and oxygen atoms in total. The molecule has 1 aromatic rings. The Morgan fingerprint density at radius 2 is 2.11 bits per heavy atom. The van der Waals surface area contributed by atoms with Gasteiger partial charge in [-0.3, -0.25) is 14.6 Å². The summed E-state index contributed by atoms with van der Waals surface area (Å²) in [7, 11) is 1.75. The van der Waals surface area contributed by atoms with Crippen LogP contribution in [0.15, 0.2) is 21.7 Å². The van der Waals surface area contributed by atoms with Gasteiger partial charge in [0.1, 0.15) is 0 Å². The van der Waals surface area contributed by atoms with Gasteiger partial charge < -0.3 is 25.7 Å². The number of primary amides is 1. The summed E-state index contributed by atoms with van der Waals surface area (Å²) < 4.78 is 5.17. The van der Waals surface area contributed by atoms with Crippen LogP contribution in [0.2, 0.25) is 0 Å². The monoisotopic (exact) mass is 491 g/mol. The largest absolute Gasteiger partial charge is 0.459 e. The molecule has 9 heteroatoms. The number of aryl methyl sites for hydroxylation is 1. The Morgan fingerprint density at radius 1 is 1.37 bits per heavy atom. The number of nitrogens with one attached hydrogen (secondary N) is 2. The number of likely N-dealkylation sites (tertiary alicyclic amines) is 1. The zero-order chi connectivity index (χ0) is 18.9. The van der Waals surface area contributed by atoms with Crippen molar-refractivity contribution in [1.82, 2.24) is 15.5 Å². The molecule has 1 saturated heterocycles. The minimum absolute atomic E-state index is 0. The van der Waals surface area contributed by atoms with Gasteiger partial charge in [-0.1, -0.05) is 0 Å². The fraction of sp³-hybridized carbons (Fsp3) is 0.611. The van der Waals surface area contributed by atoms with Crippen LogP contribution in [0.5, 0.6) is 0 Å². The zero-order valence-corrected chi connectivity index (χ0v) is 18.3. The van der Waals surface area contributed by atoms with Crippen molar-refractivity contribution in [3.63, 3.8) is 0 Å². The van der Waals surface area contributed by atoms with Crippen molar-refractivity contribution in [1.29, 1.82) is 0 Å². The molecule has 1 aromatic heterocycles. The number of nitrogens with zero attached hydrogens (tertiary/aromatic N) is 2. The molecule has 152 valence electrons. The van der Waals surface area contributed by atoms with E-state index in [2.05, 4.69) is 20.5 Å². The number of piperidine rings is 1. The minimum atomic E-state index is -0.248. The first-order valence-electron chi connectivity index (χ1n) is 9.07. The summed E-state index contributed by atoms with van der Waals surface area (Å²) in [4.78, 5) is 29.6. The Kier molecular flexibility index (Phi) is 10.2. The van der Waals surface area contributed by atoms with Crippen molar-refractivity contribution < 1.29 is 14.0 Å². The lowest BCUT2D eigenvalue weighted by molar-refractivity contribution is -0.119. The minimum Gasteiger partial charge on any atom is -0.459 e. The molecule has 0 bridgehead atoms. The maximum Gasteiger partial charge on any atom is 0.287 e. The number of guanidine groups is 1. The number of aliphatic imine (C=N–C) groups is 1. The third-order valence-corrected chi connectivity index (χ3v) is 4.51. The summed E-state index contributed by atoms with van der Waals surface area (Å²) in [5, 5.41) is 6.17. The fourth-order valence-corrected chi connectivity index (χ4v) is 3.22. The molecule has 0 radical (unpaired) electrons. The first-order valence-corrected chi connectivity index (χ1v) is 9.07. The van der Waals surface area contributed by atoms with E-state index in [0.717, 1.165) is 43.9 Å². The summed E-state index contributed by atoms with van der Waals surface area (Å²) >= 11 is 0. The molecule has 1 aliphatic rings. The van der Waals surface area contributed by atoms with Crippen LogP contribution in [0.25, 0.3) is 0 Å². The highest BCUT2D eigenvalue weighted by Gasteiger charge is 2.23. The molecule has 1 aliphatic heterocycles. The standard InChI is InChI=1S/C18H29N5O3.HI/c1-13-6-10-26-16(13)17(25)21-7-4-8-22-18(20-2)23-9-3-5-14(12-23)11-15(19)24;/h6,10,14H,3-5,7-9,11-12H2,1-2H3,(H2,19,24)(H,20,22)(H,21,25);1H. The van der Waals surface area contributed by atoms with E-state index in [4.69, 9.17) is 10.2 Å². The van der Waals surface area contributed by atoms with E-state index in [1.807, 2.05) is 6.92 Å². The SMILES string of the molecule is CN=C(NCCCNC(=O)c1occc1C)N1CCCC(CC(N)=O)C1.I. The van der Waals surface area contributed by atoms with Crippen molar-refractivity contribution in [3.05, 3.63) is 23.7 Å². The smallest absolute Gasteiger partial charge is 0.287 e. The van der Waals surface area contributed by atoms with Crippen LogP contribution in [0.3, 0.4) is 0 Å². The number of halogens is 1. The van der Waals surface area contributed by atoms with Crippen LogP contribution in [-0.2, 0) is 4.79 Å². The second-order valence-corrected chi connectivity index (χ2v) is 6.64. The lowest BCUT2D eigenvalue weighted by atomic mass is 9.95. The molecule has 4 N–H and O–H groups in total. The molecular formula is C18H30IN5O3. The van der Waals surface area contributed by atoms with Gasteiger partial charge in [0.25, 0.3) is 5.91 Å². The Morgan fingerprint density at radius 3 is 2.74 bits per heavy atom. The number of furan rings is 1. The van der Waals surface area contributed by atoms with Gasteiger partial charge >= 0.3 is 0 Å². The Hall–Kier alpha value is -1.78. The van der Waals surface area contributed by atoms with Crippen LogP contribution < -0.4 is 16.4 Å². The van der Waals surface area contributed by atoms with E-state index < -0.39 is 0 Å². The van der Waals surface area contributed by atoms with Crippen LogP contribution >= 0.6 is 24.0 Å². The Balaban J connectivity index is 0.00000364. The summed E-state index contributed by atoms with van der Waals surface area (Å²) in [5.41, 5.74) is 6.15. The average molecular weight is 491 g/mol. The molecule has 1 atom stereocenters. The molecule has 2 rings (SSSR count). The van der Waals surface area contributed by atoms with Crippen LogP contribution in [-0.4, -0.2) is 55.9 Å². The number of amides is 2. The van der Waals surface area contributed by atoms with E-state index in [1.54, 1.807) is 13.1 Å². The molecule has 0 saturated carbocycles. The third kappa shape index (κ3) is 7.39.